The van der Waals surface area contributed by atoms with Crippen molar-refractivity contribution < 1.29 is 0 Å². The number of aromatic nitrogens is 2. The number of rotatable bonds is 3. The van der Waals surface area contributed by atoms with Crippen LogP contribution in [0.15, 0.2) is 54.6 Å². The molecule has 124 valence electrons. The highest BCUT2D eigenvalue weighted by molar-refractivity contribution is 7.22. The van der Waals surface area contributed by atoms with Crippen LogP contribution in [0.3, 0.4) is 0 Å². The topological polar surface area (TPSA) is 37.8 Å². The van der Waals surface area contributed by atoms with Gasteiger partial charge in [-0.25, -0.2) is 4.98 Å². The molecule has 0 aliphatic rings. The molecular weight excluding hydrogens is 373 g/mol. The molecule has 0 bridgehead atoms. The molecule has 2 aromatic carbocycles. The maximum absolute atomic E-state index is 6.22. The van der Waals surface area contributed by atoms with Gasteiger partial charge in [0.05, 0.1) is 5.39 Å². The van der Waals surface area contributed by atoms with Gasteiger partial charge in [0.1, 0.15) is 10.6 Å². The molecule has 0 amide bonds. The number of thiophene rings is 1. The van der Waals surface area contributed by atoms with Crippen LogP contribution >= 0.6 is 34.5 Å². The first kappa shape index (κ1) is 16.3. The van der Waals surface area contributed by atoms with Crippen LogP contribution in [0.5, 0.6) is 0 Å². The van der Waals surface area contributed by atoms with Crippen LogP contribution in [-0.2, 0) is 0 Å². The van der Waals surface area contributed by atoms with Gasteiger partial charge < -0.3 is 5.32 Å². The number of benzene rings is 2. The summed E-state index contributed by atoms with van der Waals surface area (Å²) in [6, 6.07) is 18.0. The molecule has 1 N–H and O–H groups in total. The van der Waals surface area contributed by atoms with Gasteiger partial charge in [0.15, 0.2) is 0 Å². The van der Waals surface area contributed by atoms with E-state index in [0.717, 1.165) is 31.9 Å². The lowest BCUT2D eigenvalue weighted by Crippen LogP contribution is -1.98. The Kier molecular flexibility index (Phi) is 4.34. The van der Waals surface area contributed by atoms with Gasteiger partial charge >= 0.3 is 0 Å². The monoisotopic (exact) mass is 385 g/mol. The van der Waals surface area contributed by atoms with Crippen molar-refractivity contribution in [3.05, 3.63) is 70.5 Å². The molecule has 2 aromatic heterocycles. The SMILES string of the molecule is Cc1c(Cl)cccc1Nc1nc(Cl)nc2sc(-c3ccccc3)cc12. The Balaban J connectivity index is 1.83. The van der Waals surface area contributed by atoms with Crippen molar-refractivity contribution >= 4 is 56.3 Å². The molecule has 0 saturated carbocycles. The summed E-state index contributed by atoms with van der Waals surface area (Å²) < 4.78 is 0. The van der Waals surface area contributed by atoms with E-state index < -0.39 is 0 Å². The van der Waals surface area contributed by atoms with E-state index in [1.165, 1.54) is 0 Å². The summed E-state index contributed by atoms with van der Waals surface area (Å²) in [6.07, 6.45) is 0. The molecule has 4 aromatic rings. The van der Waals surface area contributed by atoms with Gasteiger partial charge in [-0.05, 0) is 47.9 Å². The first-order chi connectivity index (χ1) is 12.1. The van der Waals surface area contributed by atoms with E-state index in [2.05, 4.69) is 33.5 Å². The fourth-order valence-corrected chi connectivity index (χ4v) is 4.04. The molecule has 0 unspecified atom stereocenters. The van der Waals surface area contributed by atoms with Gasteiger partial charge in [-0.15, -0.1) is 11.3 Å². The van der Waals surface area contributed by atoms with Crippen LogP contribution in [0, 0.1) is 6.92 Å². The Hall–Kier alpha value is -2.14. The maximum atomic E-state index is 6.22. The Morgan fingerprint density at radius 2 is 1.76 bits per heavy atom. The zero-order valence-corrected chi connectivity index (χ0v) is 15.6. The number of nitrogens with one attached hydrogen (secondary N) is 1. The van der Waals surface area contributed by atoms with Crippen molar-refractivity contribution in [1.29, 1.82) is 0 Å². The van der Waals surface area contributed by atoms with Crippen LogP contribution in [0.2, 0.25) is 10.3 Å². The minimum atomic E-state index is 0.219. The third-order valence-electron chi connectivity index (χ3n) is 3.94. The summed E-state index contributed by atoms with van der Waals surface area (Å²) in [5, 5.41) is 5.21. The van der Waals surface area contributed by atoms with Gasteiger partial charge in [0, 0.05) is 15.6 Å². The van der Waals surface area contributed by atoms with E-state index >= 15 is 0 Å². The van der Waals surface area contributed by atoms with Crippen LogP contribution in [0.4, 0.5) is 11.5 Å². The summed E-state index contributed by atoms with van der Waals surface area (Å²) in [5.74, 6) is 0.679. The van der Waals surface area contributed by atoms with Crippen molar-refractivity contribution in [3.8, 4) is 10.4 Å². The zero-order chi connectivity index (χ0) is 17.4. The lowest BCUT2D eigenvalue weighted by atomic mass is 10.1. The normalized spacial score (nSPS) is 11.0. The van der Waals surface area contributed by atoms with Crippen molar-refractivity contribution in [2.75, 3.05) is 5.32 Å². The van der Waals surface area contributed by atoms with Crippen molar-refractivity contribution in [3.63, 3.8) is 0 Å². The number of fused-ring (bicyclic) bond motifs is 1. The second-order valence-corrected chi connectivity index (χ2v) is 7.35. The lowest BCUT2D eigenvalue weighted by Gasteiger charge is -2.10. The van der Waals surface area contributed by atoms with E-state index in [1.807, 2.05) is 43.3 Å². The molecule has 3 nitrogen and oxygen atoms in total. The highest BCUT2D eigenvalue weighted by atomic mass is 35.5. The van der Waals surface area contributed by atoms with Crippen molar-refractivity contribution in [2.45, 2.75) is 6.92 Å². The van der Waals surface area contributed by atoms with Crippen LogP contribution in [-0.4, -0.2) is 9.97 Å². The van der Waals surface area contributed by atoms with Gasteiger partial charge in [-0.2, -0.15) is 4.98 Å². The van der Waals surface area contributed by atoms with Crippen molar-refractivity contribution in [2.24, 2.45) is 0 Å². The molecule has 0 spiro atoms. The van der Waals surface area contributed by atoms with Crippen molar-refractivity contribution in [1.82, 2.24) is 9.97 Å². The molecule has 0 aliphatic heterocycles. The van der Waals surface area contributed by atoms with Crippen LogP contribution < -0.4 is 5.32 Å². The molecule has 0 atom stereocenters. The average Bonchev–Trinajstić information content (AvgIpc) is 3.04. The van der Waals surface area contributed by atoms with Gasteiger partial charge in [-0.1, -0.05) is 48.0 Å². The molecule has 25 heavy (non-hydrogen) atoms. The number of hydrogen-bond donors (Lipinski definition) is 1. The second kappa shape index (κ2) is 6.64. The van der Waals surface area contributed by atoms with Gasteiger partial charge in [0.2, 0.25) is 5.28 Å². The molecule has 4 rings (SSSR count). The maximum Gasteiger partial charge on any atom is 0.225 e. The third kappa shape index (κ3) is 3.21. The number of halogens is 2. The summed E-state index contributed by atoms with van der Waals surface area (Å²) in [7, 11) is 0. The Morgan fingerprint density at radius 1 is 0.960 bits per heavy atom. The van der Waals surface area contributed by atoms with E-state index in [0.29, 0.717) is 10.8 Å². The average molecular weight is 386 g/mol. The smallest absolute Gasteiger partial charge is 0.225 e. The summed E-state index contributed by atoms with van der Waals surface area (Å²) in [4.78, 5) is 10.7. The van der Waals surface area contributed by atoms with Gasteiger partial charge in [-0.3, -0.25) is 0 Å². The summed E-state index contributed by atoms with van der Waals surface area (Å²) in [6.45, 7) is 1.97. The molecule has 0 radical (unpaired) electrons. The quantitative estimate of drug-likeness (QED) is 0.397. The summed E-state index contributed by atoms with van der Waals surface area (Å²) in [5.41, 5.74) is 3.01. The van der Waals surface area contributed by atoms with Gasteiger partial charge in [0.25, 0.3) is 0 Å². The first-order valence-electron chi connectivity index (χ1n) is 7.66. The van der Waals surface area contributed by atoms with E-state index in [4.69, 9.17) is 23.2 Å². The standard InChI is InChI=1S/C19H13Cl2N3S/c1-11-14(20)8-5-9-15(11)22-17-13-10-16(12-6-3-2-4-7-12)25-18(13)24-19(21)23-17/h2-10H,1H3,(H,22,23,24). The van der Waals surface area contributed by atoms with E-state index in [-0.39, 0.29) is 5.28 Å². The third-order valence-corrected chi connectivity index (χ3v) is 5.60. The second-order valence-electron chi connectivity index (χ2n) is 5.57. The highest BCUT2D eigenvalue weighted by Gasteiger charge is 2.13. The molecule has 0 fully saturated rings. The fraction of sp³-hybridized carbons (Fsp3) is 0.0526. The highest BCUT2D eigenvalue weighted by Crippen LogP contribution is 2.37. The molecule has 0 saturated heterocycles. The molecule has 6 heteroatoms. The molecular formula is C19H13Cl2N3S. The Labute approximate surface area is 159 Å². The van der Waals surface area contributed by atoms with Crippen LogP contribution in [0.1, 0.15) is 5.56 Å². The number of nitrogens with zero attached hydrogens (tertiary/aromatic N) is 2. The Morgan fingerprint density at radius 3 is 2.56 bits per heavy atom. The van der Waals surface area contributed by atoms with E-state index in [1.54, 1.807) is 11.3 Å². The fourth-order valence-electron chi connectivity index (χ4n) is 2.61. The zero-order valence-electron chi connectivity index (χ0n) is 13.3. The molecule has 2 heterocycles. The summed E-state index contributed by atoms with van der Waals surface area (Å²) >= 11 is 13.9. The minimum Gasteiger partial charge on any atom is -0.339 e. The Bertz CT molecular complexity index is 1060. The number of hydrogen-bond acceptors (Lipinski definition) is 4. The minimum absolute atomic E-state index is 0.219. The first-order valence-corrected chi connectivity index (χ1v) is 9.24. The number of anilines is 2. The van der Waals surface area contributed by atoms with Crippen LogP contribution in [0.25, 0.3) is 20.7 Å². The predicted octanol–water partition coefficient (Wildman–Crippen LogP) is 6.72. The van der Waals surface area contributed by atoms with E-state index in [9.17, 15) is 0 Å². The molecule has 0 aliphatic carbocycles. The predicted molar refractivity (Wildman–Crippen MR) is 107 cm³/mol. The lowest BCUT2D eigenvalue weighted by molar-refractivity contribution is 1.23. The largest absolute Gasteiger partial charge is 0.339 e.